The van der Waals surface area contributed by atoms with E-state index in [-0.39, 0.29) is 36.2 Å². The number of ketones is 1. The summed E-state index contributed by atoms with van der Waals surface area (Å²) in [7, 11) is 3.05. The minimum absolute atomic E-state index is 0.0300. The molecule has 0 radical (unpaired) electrons. The van der Waals surface area contributed by atoms with Crippen molar-refractivity contribution < 1.29 is 34.7 Å². The molecule has 288 valence electrons. The van der Waals surface area contributed by atoms with Crippen LogP contribution in [0.15, 0.2) is 97.6 Å². The number of aromatic hydroxyl groups is 2. The van der Waals surface area contributed by atoms with Crippen molar-refractivity contribution in [1.82, 2.24) is 9.97 Å². The van der Waals surface area contributed by atoms with Crippen molar-refractivity contribution >= 4 is 16.6 Å². The van der Waals surface area contributed by atoms with E-state index in [4.69, 9.17) is 9.47 Å². The first-order valence-electron chi connectivity index (χ1n) is 19.0. The summed E-state index contributed by atoms with van der Waals surface area (Å²) in [6.45, 7) is 2.16. The predicted molar refractivity (Wildman–Crippen MR) is 215 cm³/mol. The molecule has 0 saturated heterocycles. The second-order valence-electron chi connectivity index (χ2n) is 14.4. The smallest absolute Gasteiger partial charge is 0.164 e. The molecule has 3 unspecified atom stereocenters. The number of aliphatic hydroxyl groups is 2. The van der Waals surface area contributed by atoms with Crippen LogP contribution in [0, 0.1) is 11.8 Å². The average Bonchev–Trinajstić information content (AvgIpc) is 3.91. The zero-order chi connectivity index (χ0) is 38.9. The number of aromatic nitrogens is 2. The minimum atomic E-state index is -0.974. The molecule has 4 aromatic carbocycles. The van der Waals surface area contributed by atoms with Crippen LogP contribution in [0.5, 0.6) is 23.0 Å². The van der Waals surface area contributed by atoms with Gasteiger partial charge < -0.3 is 39.9 Å². The van der Waals surface area contributed by atoms with Crippen molar-refractivity contribution in [3.63, 3.8) is 0 Å². The monoisotopic (exact) mass is 744 g/mol. The molecule has 0 amide bonds. The van der Waals surface area contributed by atoms with E-state index in [2.05, 4.69) is 41.2 Å². The molecule has 9 heteroatoms. The van der Waals surface area contributed by atoms with E-state index in [0.717, 1.165) is 56.1 Å². The van der Waals surface area contributed by atoms with E-state index >= 15 is 0 Å². The number of rotatable bonds is 19. The Bertz CT molecular complexity index is 2180. The number of hydrogen-bond donors (Lipinski definition) is 6. The Morgan fingerprint density at radius 3 is 2.13 bits per heavy atom. The fourth-order valence-corrected chi connectivity index (χ4v) is 8.04. The maximum Gasteiger partial charge on any atom is 0.164 e. The lowest BCUT2D eigenvalue weighted by Gasteiger charge is -2.26. The highest BCUT2D eigenvalue weighted by Gasteiger charge is 2.29. The lowest BCUT2D eigenvalue weighted by atomic mass is 9.81. The number of aliphatic hydroxyl groups excluding tert-OH is 2. The second-order valence-corrected chi connectivity index (χ2v) is 14.4. The van der Waals surface area contributed by atoms with Crippen LogP contribution in [0.25, 0.3) is 10.8 Å². The van der Waals surface area contributed by atoms with E-state index in [1.807, 2.05) is 49.1 Å². The Morgan fingerprint density at radius 2 is 1.45 bits per heavy atom. The molecule has 2 heterocycles. The van der Waals surface area contributed by atoms with Gasteiger partial charge in [-0.25, -0.2) is 0 Å². The summed E-state index contributed by atoms with van der Waals surface area (Å²) < 4.78 is 11.2. The van der Waals surface area contributed by atoms with Crippen LogP contribution in [0.3, 0.4) is 0 Å². The molecule has 55 heavy (non-hydrogen) atoms. The molecule has 0 spiro atoms. The molecule has 2 aromatic heterocycles. The summed E-state index contributed by atoms with van der Waals surface area (Å²) in [6, 6.07) is 23.1. The normalized spacial score (nSPS) is 13.1. The average molecular weight is 745 g/mol. The first-order chi connectivity index (χ1) is 26.7. The summed E-state index contributed by atoms with van der Waals surface area (Å²) in [5.41, 5.74) is 7.95. The number of phenolic OH excluding ortho intramolecular Hbond substituents is 2. The number of phenols is 2. The van der Waals surface area contributed by atoms with Crippen LogP contribution in [0.2, 0.25) is 0 Å². The molecule has 0 aliphatic carbocycles. The zero-order valence-electron chi connectivity index (χ0n) is 31.8. The summed E-state index contributed by atoms with van der Waals surface area (Å²) in [6.07, 6.45) is 10.1. The fourth-order valence-electron chi connectivity index (χ4n) is 8.04. The van der Waals surface area contributed by atoms with E-state index in [9.17, 15) is 25.2 Å². The highest BCUT2D eigenvalue weighted by Crippen LogP contribution is 2.39. The number of Topliss-reactive ketones (excluding diaryl/α,β-unsaturated/α-hetero) is 1. The highest BCUT2D eigenvalue weighted by molar-refractivity contribution is 5.90. The molecule has 3 atom stereocenters. The first-order valence-corrected chi connectivity index (χ1v) is 19.0. The van der Waals surface area contributed by atoms with Crippen molar-refractivity contribution in [2.75, 3.05) is 20.8 Å². The topological polar surface area (TPSA) is 148 Å². The van der Waals surface area contributed by atoms with E-state index < -0.39 is 12.0 Å². The van der Waals surface area contributed by atoms with Crippen LogP contribution < -0.4 is 9.47 Å². The van der Waals surface area contributed by atoms with Gasteiger partial charge in [0.15, 0.2) is 23.0 Å². The Hall–Kier alpha value is -5.51. The largest absolute Gasteiger partial charge is 0.504 e. The number of carbonyl (C=O) groups is 1. The molecular formula is C46H52N2O7. The Balaban J connectivity index is 1.35. The lowest BCUT2D eigenvalue weighted by molar-refractivity contribution is -0.125. The van der Waals surface area contributed by atoms with E-state index in [1.54, 1.807) is 31.4 Å². The highest BCUT2D eigenvalue weighted by atomic mass is 16.5. The quantitative estimate of drug-likeness (QED) is 0.0505. The van der Waals surface area contributed by atoms with Gasteiger partial charge in [0.2, 0.25) is 0 Å². The number of hydrogen-bond acceptors (Lipinski definition) is 7. The van der Waals surface area contributed by atoms with Crippen molar-refractivity contribution in [3.8, 4) is 23.0 Å². The van der Waals surface area contributed by atoms with Crippen LogP contribution >= 0.6 is 0 Å². The number of aryl methyl sites for hydroxylation is 1. The maximum atomic E-state index is 14.3. The third-order valence-corrected chi connectivity index (χ3v) is 10.9. The zero-order valence-corrected chi connectivity index (χ0v) is 31.8. The summed E-state index contributed by atoms with van der Waals surface area (Å²) in [5, 5.41) is 45.5. The van der Waals surface area contributed by atoms with Gasteiger partial charge in [-0.15, -0.1) is 0 Å². The van der Waals surface area contributed by atoms with Crippen LogP contribution in [0.1, 0.15) is 57.9 Å². The summed E-state index contributed by atoms with van der Waals surface area (Å²) in [4.78, 5) is 20.5. The standard InChI is InChI=1S/C46H52N2O7/c1-4-32-9-10-33-6-5-7-34(16-19-49)45(33)38(32)25-39-35(11-13-41(51)46(39)55-3)24-37(22-31-15-18-48-28-31)43(53)26-42(52)36(21-30-14-17-47-27-30)20-29-8-12-40(50)44(23-29)54-2/h5-15,17-18,23,27-28,36-37,43,47-51,53H,4,16,19-22,24-26H2,1-3H3. The molecule has 6 rings (SSSR count). The molecular weight excluding hydrogens is 693 g/mol. The van der Waals surface area contributed by atoms with Gasteiger partial charge in [0.1, 0.15) is 5.78 Å². The molecule has 0 fully saturated rings. The molecule has 6 aromatic rings. The van der Waals surface area contributed by atoms with Crippen molar-refractivity contribution in [3.05, 3.63) is 142 Å². The molecule has 9 nitrogen and oxygen atoms in total. The molecule has 0 aliphatic heterocycles. The molecule has 6 N–H and O–H groups in total. The number of aromatic amines is 2. The van der Waals surface area contributed by atoms with Gasteiger partial charge in [-0.1, -0.05) is 49.4 Å². The number of benzene rings is 4. The molecule has 0 aliphatic rings. The van der Waals surface area contributed by atoms with Crippen LogP contribution in [-0.4, -0.2) is 63.1 Å². The third-order valence-electron chi connectivity index (χ3n) is 10.9. The maximum absolute atomic E-state index is 14.3. The van der Waals surface area contributed by atoms with Gasteiger partial charge in [0.25, 0.3) is 0 Å². The minimum Gasteiger partial charge on any atom is -0.504 e. The van der Waals surface area contributed by atoms with Gasteiger partial charge in [-0.05, 0) is 124 Å². The number of fused-ring (bicyclic) bond motifs is 1. The number of nitrogens with one attached hydrogen (secondary N) is 2. The van der Waals surface area contributed by atoms with Crippen molar-refractivity contribution in [2.45, 2.75) is 64.4 Å². The number of H-pyrrole nitrogens is 2. The first kappa shape index (κ1) is 39.2. The Kier molecular flexibility index (Phi) is 13.0. The fraction of sp³-hybridized carbons (Fsp3) is 0.326. The van der Waals surface area contributed by atoms with Crippen LogP contribution in [-0.2, 0) is 49.7 Å². The molecule has 0 saturated carbocycles. The van der Waals surface area contributed by atoms with Gasteiger partial charge in [-0.2, -0.15) is 0 Å². The van der Waals surface area contributed by atoms with Crippen LogP contribution in [0.4, 0.5) is 0 Å². The van der Waals surface area contributed by atoms with Crippen molar-refractivity contribution in [2.24, 2.45) is 11.8 Å². The lowest BCUT2D eigenvalue weighted by Crippen LogP contribution is -2.31. The van der Waals surface area contributed by atoms with Gasteiger partial charge in [0, 0.05) is 55.7 Å². The van der Waals surface area contributed by atoms with Gasteiger partial charge in [0.05, 0.1) is 20.3 Å². The van der Waals surface area contributed by atoms with E-state index in [0.29, 0.717) is 50.0 Å². The third kappa shape index (κ3) is 9.24. The van der Waals surface area contributed by atoms with Gasteiger partial charge >= 0.3 is 0 Å². The second kappa shape index (κ2) is 18.2. The summed E-state index contributed by atoms with van der Waals surface area (Å²) in [5.74, 6) is -0.0322. The summed E-state index contributed by atoms with van der Waals surface area (Å²) >= 11 is 0. The van der Waals surface area contributed by atoms with Gasteiger partial charge in [-0.3, -0.25) is 4.79 Å². The number of methoxy groups -OCH3 is 2. The number of carbonyl (C=O) groups excluding carboxylic acids is 1. The van der Waals surface area contributed by atoms with Crippen molar-refractivity contribution in [1.29, 1.82) is 0 Å². The number of ether oxygens (including phenoxy) is 2. The Labute approximate surface area is 322 Å². The predicted octanol–water partition coefficient (Wildman–Crippen LogP) is 7.44. The Morgan fingerprint density at radius 1 is 0.745 bits per heavy atom. The SMILES string of the molecule is CCc1ccc2cccc(CCO)c2c1Cc1c(CC(Cc2cc[nH]c2)C(O)CC(=O)C(Cc2cc[nH]c2)Cc2ccc(O)c(OC)c2)ccc(O)c1OC. The molecule has 0 bridgehead atoms. The van der Waals surface area contributed by atoms with E-state index in [1.165, 1.54) is 12.7 Å².